The summed E-state index contributed by atoms with van der Waals surface area (Å²) in [5, 5.41) is 0. The number of nitrogens with zero attached hydrogens (tertiary/aromatic N) is 3. The van der Waals surface area contributed by atoms with Crippen LogP contribution in [0.5, 0.6) is 0 Å². The van der Waals surface area contributed by atoms with Crippen LogP contribution in [0.15, 0.2) is 36.8 Å². The van der Waals surface area contributed by atoms with Crippen LogP contribution >= 0.6 is 0 Å². The normalized spacial score (nSPS) is 14.1. The number of aryl methyl sites for hydroxylation is 2. The molecule has 3 aromatic rings. The first-order valence-corrected chi connectivity index (χ1v) is 8.09. The number of hydrogen-bond donors (Lipinski definition) is 0. The van der Waals surface area contributed by atoms with Crippen molar-refractivity contribution in [2.45, 2.75) is 26.7 Å². The van der Waals surface area contributed by atoms with E-state index in [1.807, 2.05) is 6.20 Å². The molecule has 0 saturated carbocycles. The van der Waals surface area contributed by atoms with Gasteiger partial charge in [-0.15, -0.1) is 0 Å². The molecule has 4 heterocycles. The number of aromatic nitrogens is 3. The molecule has 0 N–H and O–H groups in total. The van der Waals surface area contributed by atoms with Crippen molar-refractivity contribution in [2.75, 3.05) is 0 Å². The van der Waals surface area contributed by atoms with Crippen LogP contribution in [0.2, 0.25) is 0 Å². The number of rotatable bonds is 0. The Morgan fingerprint density at radius 1 is 0.783 bits per heavy atom. The van der Waals surface area contributed by atoms with E-state index < -0.39 is 0 Å². The summed E-state index contributed by atoms with van der Waals surface area (Å²) in [7, 11) is 0. The molecule has 0 aliphatic carbocycles. The monoisotopic (exact) mass is 297 g/mol. The molecule has 0 bridgehead atoms. The summed E-state index contributed by atoms with van der Waals surface area (Å²) in [4.78, 5) is 13.9. The first-order valence-electron chi connectivity index (χ1n) is 8.09. The Morgan fingerprint density at radius 3 is 2.39 bits per heavy atom. The van der Waals surface area contributed by atoms with Crippen molar-refractivity contribution in [3.05, 3.63) is 70.6 Å². The third kappa shape index (κ3) is 1.69. The maximum atomic E-state index is 4.67. The Bertz CT molecular complexity index is 858. The molecule has 23 heavy (non-hydrogen) atoms. The fourth-order valence-electron chi connectivity index (χ4n) is 4.33. The van der Waals surface area contributed by atoms with E-state index in [2.05, 4.69) is 53.1 Å². The van der Waals surface area contributed by atoms with Crippen LogP contribution in [0.1, 0.15) is 33.8 Å². The van der Waals surface area contributed by atoms with E-state index in [-0.39, 0.29) is 6.71 Å². The van der Waals surface area contributed by atoms with Crippen molar-refractivity contribution in [1.29, 1.82) is 0 Å². The maximum Gasteiger partial charge on any atom is 0.249 e. The van der Waals surface area contributed by atoms with Gasteiger partial charge in [-0.1, -0.05) is 34.8 Å². The van der Waals surface area contributed by atoms with Gasteiger partial charge in [0.05, 0.1) is 0 Å². The molecule has 2 aliphatic rings. The van der Waals surface area contributed by atoms with E-state index in [0.29, 0.717) is 0 Å². The molecule has 0 radical (unpaired) electrons. The predicted molar refractivity (Wildman–Crippen MR) is 92.5 cm³/mol. The first-order chi connectivity index (χ1) is 11.2. The second kappa shape index (κ2) is 4.51. The van der Waals surface area contributed by atoms with Crippen LogP contribution in [0.3, 0.4) is 0 Å². The standard InChI is InChI=1S/C19H16BN3/c1-11-4-3-5-13-8-14-19-16(23-10-22-14)9-15-18(20(19)17(11)13)12(2)6-7-21-15/h3-7,10H,8-9H2,1-2H3. The van der Waals surface area contributed by atoms with Gasteiger partial charge in [0.25, 0.3) is 0 Å². The topological polar surface area (TPSA) is 38.7 Å². The minimum atomic E-state index is 0.239. The fraction of sp³-hybridized carbons (Fsp3) is 0.211. The third-order valence-electron chi connectivity index (χ3n) is 5.31. The van der Waals surface area contributed by atoms with E-state index in [4.69, 9.17) is 0 Å². The van der Waals surface area contributed by atoms with E-state index in [9.17, 15) is 0 Å². The third-order valence-corrected chi connectivity index (χ3v) is 5.31. The molecule has 2 aromatic heterocycles. The lowest BCUT2D eigenvalue weighted by Crippen LogP contribution is -2.63. The van der Waals surface area contributed by atoms with Crippen molar-refractivity contribution >= 4 is 23.1 Å². The van der Waals surface area contributed by atoms with Gasteiger partial charge in [-0.3, -0.25) is 4.98 Å². The summed E-state index contributed by atoms with van der Waals surface area (Å²) >= 11 is 0. The van der Waals surface area contributed by atoms with Gasteiger partial charge in [-0.2, -0.15) is 0 Å². The van der Waals surface area contributed by atoms with Gasteiger partial charge in [0, 0.05) is 36.1 Å². The zero-order chi connectivity index (χ0) is 15.6. The highest BCUT2D eigenvalue weighted by Crippen LogP contribution is 2.21. The van der Waals surface area contributed by atoms with Crippen molar-refractivity contribution in [1.82, 2.24) is 15.0 Å². The minimum Gasteiger partial charge on any atom is -0.261 e. The number of hydrogen-bond acceptors (Lipinski definition) is 3. The number of pyridine rings is 1. The van der Waals surface area contributed by atoms with Gasteiger partial charge < -0.3 is 0 Å². The largest absolute Gasteiger partial charge is 0.261 e. The summed E-state index contributed by atoms with van der Waals surface area (Å²) in [5.74, 6) is 0. The van der Waals surface area contributed by atoms with Crippen LogP contribution < -0.4 is 16.4 Å². The van der Waals surface area contributed by atoms with Crippen LogP contribution in [0, 0.1) is 13.8 Å². The second-order valence-corrected chi connectivity index (χ2v) is 6.60. The van der Waals surface area contributed by atoms with Crippen LogP contribution in [0.25, 0.3) is 0 Å². The minimum absolute atomic E-state index is 0.239. The molecule has 0 fully saturated rings. The first kappa shape index (κ1) is 13.0. The smallest absolute Gasteiger partial charge is 0.249 e. The number of fused-ring (bicyclic) bond motifs is 4. The van der Waals surface area contributed by atoms with Gasteiger partial charge in [0.1, 0.15) is 6.33 Å². The molecule has 0 spiro atoms. The second-order valence-electron chi connectivity index (χ2n) is 6.60. The molecule has 1 aromatic carbocycles. The highest BCUT2D eigenvalue weighted by Gasteiger charge is 2.40. The molecule has 0 atom stereocenters. The Morgan fingerprint density at radius 2 is 1.52 bits per heavy atom. The van der Waals surface area contributed by atoms with Crippen LogP contribution in [-0.4, -0.2) is 21.7 Å². The van der Waals surface area contributed by atoms with Gasteiger partial charge in [-0.05, 0) is 36.4 Å². The molecular formula is C19H16BN3. The lowest BCUT2D eigenvalue weighted by atomic mass is 9.30. The molecule has 0 unspecified atom stereocenters. The Labute approximate surface area is 135 Å². The van der Waals surface area contributed by atoms with E-state index in [1.54, 1.807) is 6.33 Å². The van der Waals surface area contributed by atoms with Crippen molar-refractivity contribution in [2.24, 2.45) is 0 Å². The van der Waals surface area contributed by atoms with Gasteiger partial charge in [0.15, 0.2) is 0 Å². The fourth-order valence-corrected chi connectivity index (χ4v) is 4.33. The van der Waals surface area contributed by atoms with Gasteiger partial charge in [-0.25, -0.2) is 9.97 Å². The predicted octanol–water partition coefficient (Wildman–Crippen LogP) is 0.813. The summed E-state index contributed by atoms with van der Waals surface area (Å²) in [6.07, 6.45) is 5.36. The van der Waals surface area contributed by atoms with E-state index in [0.717, 1.165) is 18.5 Å². The summed E-state index contributed by atoms with van der Waals surface area (Å²) in [6, 6.07) is 8.74. The highest BCUT2D eigenvalue weighted by atomic mass is 14.9. The van der Waals surface area contributed by atoms with Gasteiger partial charge in [0.2, 0.25) is 6.71 Å². The quantitative estimate of drug-likeness (QED) is 0.397. The zero-order valence-corrected chi connectivity index (χ0v) is 13.3. The lowest BCUT2D eigenvalue weighted by molar-refractivity contribution is 0.952. The summed E-state index contributed by atoms with van der Waals surface area (Å²) in [6.45, 7) is 4.65. The average molecular weight is 297 g/mol. The lowest BCUT2D eigenvalue weighted by Gasteiger charge is -2.33. The Hall–Kier alpha value is -2.49. The van der Waals surface area contributed by atoms with Gasteiger partial charge >= 0.3 is 0 Å². The van der Waals surface area contributed by atoms with E-state index >= 15 is 0 Å². The molecule has 2 aliphatic heterocycles. The molecular weight excluding hydrogens is 281 g/mol. The maximum absolute atomic E-state index is 4.67. The highest BCUT2D eigenvalue weighted by molar-refractivity contribution is 6.97. The van der Waals surface area contributed by atoms with Crippen LogP contribution in [-0.2, 0) is 12.8 Å². The van der Waals surface area contributed by atoms with Crippen molar-refractivity contribution in [3.63, 3.8) is 0 Å². The molecule has 110 valence electrons. The zero-order valence-electron chi connectivity index (χ0n) is 13.3. The van der Waals surface area contributed by atoms with E-state index in [1.165, 1.54) is 44.5 Å². The SMILES string of the molecule is Cc1cccc2c1B1c3c(C)ccnc3Cc3ncnc(c31)C2. The molecule has 0 amide bonds. The molecule has 0 saturated heterocycles. The Balaban J connectivity index is 1.91. The summed E-state index contributed by atoms with van der Waals surface area (Å²) < 4.78 is 0. The molecule has 5 rings (SSSR count). The summed E-state index contributed by atoms with van der Waals surface area (Å²) in [5.41, 5.74) is 11.7. The van der Waals surface area contributed by atoms with Crippen LogP contribution in [0.4, 0.5) is 0 Å². The molecule has 3 nitrogen and oxygen atoms in total. The Kier molecular flexibility index (Phi) is 2.55. The molecule has 4 heteroatoms. The average Bonchev–Trinajstić information content (AvgIpc) is 2.55. The van der Waals surface area contributed by atoms with Crippen molar-refractivity contribution < 1.29 is 0 Å². The number of benzene rings is 1. The van der Waals surface area contributed by atoms with Crippen molar-refractivity contribution in [3.8, 4) is 0 Å².